The largest absolute Gasteiger partial charge is 0.490 e. The molecule has 0 radical (unpaired) electrons. The molecule has 0 saturated heterocycles. The average molecular weight is 282 g/mol. The summed E-state index contributed by atoms with van der Waals surface area (Å²) < 4.78 is 5.49. The Balaban J connectivity index is 3.06. The van der Waals surface area contributed by atoms with Crippen molar-refractivity contribution in [3.63, 3.8) is 0 Å². The molecular formula is C14H26N4O2. The van der Waals surface area contributed by atoms with Crippen LogP contribution in [0, 0.1) is 0 Å². The Morgan fingerprint density at radius 1 is 1.40 bits per heavy atom. The number of aliphatic hydroxyl groups excluding tert-OH is 1. The van der Waals surface area contributed by atoms with Gasteiger partial charge in [0.25, 0.3) is 0 Å². The van der Waals surface area contributed by atoms with Gasteiger partial charge < -0.3 is 20.1 Å². The lowest BCUT2D eigenvalue weighted by molar-refractivity contribution is 0.288. The number of hydrogen-bond donors (Lipinski definition) is 2. The Bertz CT molecular complexity index is 399. The second kappa shape index (κ2) is 8.58. The van der Waals surface area contributed by atoms with E-state index in [-0.39, 0.29) is 12.6 Å². The lowest BCUT2D eigenvalue weighted by Gasteiger charge is -2.29. The van der Waals surface area contributed by atoms with Crippen molar-refractivity contribution in [1.82, 2.24) is 9.97 Å². The smallest absolute Gasteiger partial charge is 0.204 e. The molecule has 0 aliphatic rings. The van der Waals surface area contributed by atoms with E-state index in [2.05, 4.69) is 41.0 Å². The van der Waals surface area contributed by atoms with E-state index in [0.717, 1.165) is 25.3 Å². The zero-order valence-electron chi connectivity index (χ0n) is 12.9. The van der Waals surface area contributed by atoms with Gasteiger partial charge >= 0.3 is 0 Å². The van der Waals surface area contributed by atoms with Crippen LogP contribution in [-0.2, 0) is 0 Å². The van der Waals surface area contributed by atoms with E-state index in [1.807, 2.05) is 0 Å². The first-order chi connectivity index (χ1) is 9.65. The summed E-state index contributed by atoms with van der Waals surface area (Å²) in [6.07, 6.45) is 3.26. The number of rotatable bonds is 9. The van der Waals surface area contributed by atoms with E-state index in [0.29, 0.717) is 18.0 Å². The number of nitrogens with zero attached hydrogens (tertiary/aromatic N) is 3. The summed E-state index contributed by atoms with van der Waals surface area (Å²) in [6.45, 7) is 8.02. The minimum Gasteiger partial charge on any atom is -0.490 e. The highest BCUT2D eigenvalue weighted by Crippen LogP contribution is 2.32. The third-order valence-electron chi connectivity index (χ3n) is 2.98. The lowest BCUT2D eigenvalue weighted by Crippen LogP contribution is -2.33. The number of ether oxygens (including phenoxy) is 1. The Hall–Kier alpha value is -1.56. The normalized spacial score (nSPS) is 10.7. The van der Waals surface area contributed by atoms with Crippen molar-refractivity contribution in [2.45, 2.75) is 39.7 Å². The molecule has 6 nitrogen and oxygen atoms in total. The van der Waals surface area contributed by atoms with Crippen LogP contribution in [0.15, 0.2) is 6.33 Å². The molecule has 114 valence electrons. The zero-order chi connectivity index (χ0) is 15.0. The molecule has 0 amide bonds. The van der Waals surface area contributed by atoms with Gasteiger partial charge in [-0.15, -0.1) is 0 Å². The van der Waals surface area contributed by atoms with E-state index in [9.17, 15) is 0 Å². The molecule has 6 heteroatoms. The highest BCUT2D eigenvalue weighted by atomic mass is 16.5. The van der Waals surface area contributed by atoms with E-state index < -0.39 is 0 Å². The molecule has 0 saturated carbocycles. The van der Waals surface area contributed by atoms with Crippen molar-refractivity contribution in [1.29, 1.82) is 0 Å². The average Bonchev–Trinajstić information content (AvgIpc) is 2.45. The molecular weight excluding hydrogens is 256 g/mol. The van der Waals surface area contributed by atoms with Crippen LogP contribution in [0.25, 0.3) is 0 Å². The Kier molecular flexibility index (Phi) is 7.08. The summed E-state index contributed by atoms with van der Waals surface area (Å²) in [6, 6.07) is 0.268. The van der Waals surface area contributed by atoms with Gasteiger partial charge in [0.2, 0.25) is 5.75 Å². The molecule has 0 unspecified atom stereocenters. The van der Waals surface area contributed by atoms with Crippen LogP contribution in [0.3, 0.4) is 0 Å². The lowest BCUT2D eigenvalue weighted by atomic mass is 10.2. The van der Waals surface area contributed by atoms with Crippen LogP contribution >= 0.6 is 0 Å². The number of aliphatic hydroxyl groups is 1. The number of anilines is 2. The summed E-state index contributed by atoms with van der Waals surface area (Å²) in [5.41, 5.74) is 0. The second-order valence-electron chi connectivity index (χ2n) is 4.87. The second-order valence-corrected chi connectivity index (χ2v) is 4.87. The Morgan fingerprint density at radius 2 is 2.15 bits per heavy atom. The van der Waals surface area contributed by atoms with Gasteiger partial charge in [0.05, 0.1) is 7.11 Å². The van der Waals surface area contributed by atoms with Crippen LogP contribution < -0.4 is 15.0 Å². The molecule has 1 rings (SSSR count). The predicted octanol–water partition coefficient (Wildman–Crippen LogP) is 1.90. The topological polar surface area (TPSA) is 70.5 Å². The molecule has 0 aromatic carbocycles. The van der Waals surface area contributed by atoms with Gasteiger partial charge in [-0.1, -0.05) is 6.92 Å². The van der Waals surface area contributed by atoms with Crippen molar-refractivity contribution in [2.75, 3.05) is 37.0 Å². The Morgan fingerprint density at radius 3 is 2.70 bits per heavy atom. The van der Waals surface area contributed by atoms with E-state index in [4.69, 9.17) is 9.84 Å². The highest BCUT2D eigenvalue weighted by molar-refractivity contribution is 5.65. The minimum atomic E-state index is 0.164. The fourth-order valence-corrected chi connectivity index (χ4v) is 1.98. The summed E-state index contributed by atoms with van der Waals surface area (Å²) in [5, 5.41) is 12.3. The number of aromatic nitrogens is 2. The first kappa shape index (κ1) is 16.5. The van der Waals surface area contributed by atoms with Crippen LogP contribution in [0.4, 0.5) is 11.6 Å². The van der Waals surface area contributed by atoms with Crippen LogP contribution in [0.1, 0.15) is 33.6 Å². The van der Waals surface area contributed by atoms with Crippen molar-refractivity contribution in [3.05, 3.63) is 6.33 Å². The molecule has 2 N–H and O–H groups in total. The number of nitrogens with one attached hydrogen (secondary N) is 1. The molecule has 0 atom stereocenters. The maximum Gasteiger partial charge on any atom is 0.204 e. The summed E-state index contributed by atoms with van der Waals surface area (Å²) in [7, 11) is 1.63. The van der Waals surface area contributed by atoms with E-state index in [1.165, 1.54) is 0 Å². The fourth-order valence-electron chi connectivity index (χ4n) is 1.98. The van der Waals surface area contributed by atoms with Crippen molar-refractivity contribution in [3.8, 4) is 5.75 Å². The molecule has 1 aromatic rings. The molecule has 1 aromatic heterocycles. The third kappa shape index (κ3) is 4.23. The molecule has 0 spiro atoms. The van der Waals surface area contributed by atoms with Gasteiger partial charge in [0, 0.05) is 25.7 Å². The monoisotopic (exact) mass is 282 g/mol. The van der Waals surface area contributed by atoms with Crippen molar-refractivity contribution < 1.29 is 9.84 Å². The van der Waals surface area contributed by atoms with E-state index >= 15 is 0 Å². The quantitative estimate of drug-likeness (QED) is 0.721. The fraction of sp³-hybridized carbons (Fsp3) is 0.714. The molecule has 20 heavy (non-hydrogen) atoms. The predicted molar refractivity (Wildman–Crippen MR) is 81.5 cm³/mol. The van der Waals surface area contributed by atoms with Gasteiger partial charge in [-0.25, -0.2) is 9.97 Å². The van der Waals surface area contributed by atoms with Crippen molar-refractivity contribution in [2.24, 2.45) is 0 Å². The number of hydrogen-bond acceptors (Lipinski definition) is 6. The Labute approximate surface area is 121 Å². The van der Waals surface area contributed by atoms with Crippen LogP contribution in [0.2, 0.25) is 0 Å². The maximum atomic E-state index is 9.04. The molecule has 0 bridgehead atoms. The third-order valence-corrected chi connectivity index (χ3v) is 2.98. The van der Waals surface area contributed by atoms with Crippen LogP contribution in [0.5, 0.6) is 5.75 Å². The zero-order valence-corrected chi connectivity index (χ0v) is 12.9. The first-order valence-electron chi connectivity index (χ1n) is 7.16. The maximum absolute atomic E-state index is 9.04. The molecule has 0 aliphatic heterocycles. The van der Waals surface area contributed by atoms with Gasteiger partial charge in [-0.2, -0.15) is 0 Å². The van der Waals surface area contributed by atoms with Gasteiger partial charge in [0.15, 0.2) is 11.6 Å². The van der Waals surface area contributed by atoms with E-state index in [1.54, 1.807) is 13.4 Å². The number of methoxy groups -OCH3 is 1. The highest BCUT2D eigenvalue weighted by Gasteiger charge is 2.19. The molecule has 1 heterocycles. The SMILES string of the molecule is CCCNc1ncnc(N(CCCO)C(C)C)c1OC. The summed E-state index contributed by atoms with van der Waals surface area (Å²) in [5.74, 6) is 2.14. The summed E-state index contributed by atoms with van der Waals surface area (Å²) in [4.78, 5) is 10.7. The van der Waals surface area contributed by atoms with Gasteiger partial charge in [0.1, 0.15) is 6.33 Å². The van der Waals surface area contributed by atoms with Gasteiger partial charge in [-0.3, -0.25) is 0 Å². The molecule has 0 aliphatic carbocycles. The minimum absolute atomic E-state index is 0.164. The van der Waals surface area contributed by atoms with Crippen LogP contribution in [-0.4, -0.2) is 47.9 Å². The standard InChI is InChI=1S/C14H26N4O2/c1-5-7-15-13-12(20-4)14(17-10-16-13)18(11(2)3)8-6-9-19/h10-11,19H,5-9H2,1-4H3,(H,15,16,17). The summed E-state index contributed by atoms with van der Waals surface area (Å²) >= 11 is 0. The van der Waals surface area contributed by atoms with Crippen molar-refractivity contribution >= 4 is 11.6 Å². The first-order valence-corrected chi connectivity index (χ1v) is 7.16. The molecule has 0 fully saturated rings. The van der Waals surface area contributed by atoms with Gasteiger partial charge in [-0.05, 0) is 26.7 Å².